The molecular formula is C41H85N2O6P. The molecule has 0 aromatic carbocycles. The highest BCUT2D eigenvalue weighted by molar-refractivity contribution is 7.45. The van der Waals surface area contributed by atoms with Crippen molar-refractivity contribution in [2.45, 2.75) is 219 Å². The van der Waals surface area contributed by atoms with Gasteiger partial charge in [0.15, 0.2) is 0 Å². The summed E-state index contributed by atoms with van der Waals surface area (Å²) in [6, 6.07) is -0.796. The Morgan fingerprint density at radius 2 is 0.940 bits per heavy atom. The van der Waals surface area contributed by atoms with Crippen molar-refractivity contribution in [3.05, 3.63) is 0 Å². The van der Waals surface area contributed by atoms with Gasteiger partial charge in [-0.2, -0.15) is 0 Å². The van der Waals surface area contributed by atoms with Gasteiger partial charge in [-0.05, 0) is 6.42 Å². The fourth-order valence-corrected chi connectivity index (χ4v) is 7.27. The van der Waals surface area contributed by atoms with Crippen LogP contribution in [0, 0.1) is 0 Å². The number of carbonyl (C=O) groups excluding carboxylic acids is 1. The third-order valence-electron chi connectivity index (χ3n) is 9.88. The summed E-state index contributed by atoms with van der Waals surface area (Å²) < 4.78 is 22.6. The summed E-state index contributed by atoms with van der Waals surface area (Å²) in [6.45, 7) is 3.81. The predicted octanol–water partition coefficient (Wildman–Crippen LogP) is 10.8. The maximum absolute atomic E-state index is 12.1. The summed E-state index contributed by atoms with van der Waals surface area (Å²) in [7, 11) is 1.30. The van der Waals surface area contributed by atoms with Crippen LogP contribution in [0.4, 0.5) is 0 Å². The van der Waals surface area contributed by atoms with Crippen LogP contribution in [-0.4, -0.2) is 68.5 Å². The van der Waals surface area contributed by atoms with Crippen molar-refractivity contribution in [2.24, 2.45) is 0 Å². The van der Waals surface area contributed by atoms with Crippen molar-refractivity contribution in [3.63, 3.8) is 0 Å². The van der Waals surface area contributed by atoms with Crippen LogP contribution in [0.3, 0.4) is 0 Å². The zero-order valence-electron chi connectivity index (χ0n) is 33.9. The molecule has 0 saturated carbocycles. The number of nitrogens with zero attached hydrogens (tertiary/aromatic N) is 1. The number of quaternary nitrogens is 1. The first-order valence-corrected chi connectivity index (χ1v) is 22.8. The number of phosphoric acid groups is 1. The topological polar surface area (TPSA) is 108 Å². The quantitative estimate of drug-likeness (QED) is 0.0370. The van der Waals surface area contributed by atoms with Gasteiger partial charge in [-0.25, -0.2) is 0 Å². The Morgan fingerprint density at radius 3 is 1.24 bits per heavy atom. The van der Waals surface area contributed by atoms with Crippen LogP contribution in [0.5, 0.6) is 0 Å². The van der Waals surface area contributed by atoms with Crippen LogP contribution in [0.2, 0.25) is 0 Å². The molecule has 8 nitrogen and oxygen atoms in total. The highest BCUT2D eigenvalue weighted by atomic mass is 31.2. The van der Waals surface area contributed by atoms with Gasteiger partial charge in [-0.1, -0.05) is 193 Å². The molecule has 0 radical (unpaired) electrons. The number of hydrogen-bond acceptors (Lipinski definition) is 6. The summed E-state index contributed by atoms with van der Waals surface area (Å²) in [5, 5.41) is 13.2. The number of nitrogens with one attached hydrogen (secondary N) is 1. The molecule has 2 N–H and O–H groups in total. The van der Waals surface area contributed by atoms with E-state index in [2.05, 4.69) is 12.2 Å². The monoisotopic (exact) mass is 733 g/mol. The van der Waals surface area contributed by atoms with Gasteiger partial charge in [-0.15, -0.1) is 0 Å². The van der Waals surface area contributed by atoms with Crippen LogP contribution in [0.1, 0.15) is 206 Å². The van der Waals surface area contributed by atoms with E-state index in [1.54, 1.807) is 0 Å². The summed E-state index contributed by atoms with van der Waals surface area (Å²) >= 11 is 0. The van der Waals surface area contributed by atoms with E-state index >= 15 is 0 Å². The van der Waals surface area contributed by atoms with Gasteiger partial charge in [0.2, 0.25) is 5.91 Å². The van der Waals surface area contributed by atoms with Crippen LogP contribution in [0.15, 0.2) is 0 Å². The van der Waals surface area contributed by atoms with Gasteiger partial charge in [-0.3, -0.25) is 9.36 Å². The molecule has 0 spiro atoms. The lowest BCUT2D eigenvalue weighted by molar-refractivity contribution is -0.870. The van der Waals surface area contributed by atoms with Crippen molar-refractivity contribution in [3.8, 4) is 0 Å². The summed E-state index contributed by atoms with van der Waals surface area (Å²) in [5.74, 6) is -0.338. The molecule has 9 heteroatoms. The Labute approximate surface area is 310 Å². The molecular weight excluding hydrogens is 647 g/mol. The molecule has 3 atom stereocenters. The molecule has 300 valence electrons. The van der Waals surface area contributed by atoms with Gasteiger partial charge in [0, 0.05) is 6.92 Å². The number of unbranched alkanes of at least 4 members (excludes halogenated alkanes) is 28. The summed E-state index contributed by atoms with van der Waals surface area (Å²) in [4.78, 5) is 23.7. The van der Waals surface area contributed by atoms with Gasteiger partial charge < -0.3 is 28.8 Å². The fourth-order valence-electron chi connectivity index (χ4n) is 6.55. The van der Waals surface area contributed by atoms with Crippen LogP contribution < -0.4 is 10.2 Å². The van der Waals surface area contributed by atoms with E-state index in [-0.39, 0.29) is 19.1 Å². The van der Waals surface area contributed by atoms with E-state index in [9.17, 15) is 19.4 Å². The van der Waals surface area contributed by atoms with Crippen molar-refractivity contribution in [1.29, 1.82) is 0 Å². The maximum atomic E-state index is 12.1. The maximum Gasteiger partial charge on any atom is 0.268 e. The van der Waals surface area contributed by atoms with E-state index < -0.39 is 20.0 Å². The zero-order valence-corrected chi connectivity index (χ0v) is 34.8. The van der Waals surface area contributed by atoms with Crippen LogP contribution in [-0.2, 0) is 18.4 Å². The van der Waals surface area contributed by atoms with Crippen molar-refractivity contribution < 1.29 is 32.9 Å². The van der Waals surface area contributed by atoms with E-state index in [1.165, 1.54) is 174 Å². The van der Waals surface area contributed by atoms with E-state index in [1.807, 2.05) is 21.1 Å². The number of aliphatic hydroxyl groups excluding tert-OH is 1. The van der Waals surface area contributed by atoms with Crippen molar-refractivity contribution >= 4 is 13.7 Å². The van der Waals surface area contributed by atoms with Gasteiger partial charge in [0.25, 0.3) is 7.82 Å². The molecule has 0 bridgehead atoms. The third kappa shape index (κ3) is 37.3. The minimum absolute atomic E-state index is 0.0112. The zero-order chi connectivity index (χ0) is 37.2. The molecule has 0 heterocycles. The van der Waals surface area contributed by atoms with Gasteiger partial charge >= 0.3 is 0 Å². The lowest BCUT2D eigenvalue weighted by atomic mass is 10.0. The molecule has 3 unspecified atom stereocenters. The SMILES string of the molecule is CCCCCCCCCCCCCCCCCCCCCCCCCCCCCCCC(O)C(COP(=O)([O-])OCC[N+](C)(C)C)NC(C)=O. The second kappa shape index (κ2) is 34.3. The van der Waals surface area contributed by atoms with Crippen LogP contribution >= 0.6 is 7.82 Å². The molecule has 0 aliphatic carbocycles. The molecule has 0 rings (SSSR count). The minimum atomic E-state index is -4.51. The van der Waals surface area contributed by atoms with Crippen LogP contribution in [0.25, 0.3) is 0 Å². The lowest BCUT2D eigenvalue weighted by Gasteiger charge is -2.29. The lowest BCUT2D eigenvalue weighted by Crippen LogP contribution is -2.45. The average molecular weight is 733 g/mol. The van der Waals surface area contributed by atoms with Crippen molar-refractivity contribution in [1.82, 2.24) is 5.32 Å². The molecule has 50 heavy (non-hydrogen) atoms. The number of carbonyl (C=O) groups is 1. The summed E-state index contributed by atoms with van der Waals surface area (Å²) in [6.07, 6.45) is 39.1. The number of likely N-dealkylation sites (N-methyl/N-ethyl adjacent to an activating group) is 1. The second-order valence-corrected chi connectivity index (χ2v) is 17.6. The smallest absolute Gasteiger partial charge is 0.268 e. The molecule has 0 aromatic heterocycles. The van der Waals surface area contributed by atoms with Gasteiger partial charge in [0.1, 0.15) is 13.2 Å². The number of hydrogen-bond donors (Lipinski definition) is 2. The highest BCUT2D eigenvalue weighted by Gasteiger charge is 2.23. The Kier molecular flexibility index (Phi) is 33.9. The second-order valence-electron chi connectivity index (χ2n) is 16.2. The highest BCUT2D eigenvalue weighted by Crippen LogP contribution is 2.38. The van der Waals surface area contributed by atoms with E-state index in [4.69, 9.17) is 9.05 Å². The van der Waals surface area contributed by atoms with E-state index in [0.717, 1.165) is 19.3 Å². The fraction of sp³-hybridized carbons (Fsp3) is 0.976. The number of amides is 1. The Hall–Kier alpha value is -0.500. The number of rotatable bonds is 39. The van der Waals surface area contributed by atoms with Crippen molar-refractivity contribution in [2.75, 3.05) is 40.9 Å². The molecule has 0 fully saturated rings. The molecule has 1 amide bonds. The minimum Gasteiger partial charge on any atom is -0.756 e. The Bertz CT molecular complexity index is 794. The predicted molar refractivity (Wildman–Crippen MR) is 210 cm³/mol. The first-order chi connectivity index (χ1) is 24.0. The molecule has 0 aliphatic heterocycles. The average Bonchev–Trinajstić information content (AvgIpc) is 3.05. The van der Waals surface area contributed by atoms with E-state index in [0.29, 0.717) is 17.4 Å². The largest absolute Gasteiger partial charge is 0.756 e. The molecule has 0 aliphatic rings. The number of phosphoric ester groups is 1. The first-order valence-electron chi connectivity index (χ1n) is 21.3. The van der Waals surface area contributed by atoms with Gasteiger partial charge in [0.05, 0.1) is 39.9 Å². The molecule has 0 saturated heterocycles. The Morgan fingerprint density at radius 1 is 0.620 bits per heavy atom. The Balaban J connectivity index is 3.55. The number of aliphatic hydroxyl groups is 1. The standard InChI is InChI=1S/C41H85N2O6P/c1-6-7-8-9-10-11-12-13-14-15-16-17-18-19-20-21-22-23-24-25-26-27-28-29-30-31-32-33-34-35-41(45)40(42-39(2)44)38-49-50(46,47)48-37-36-43(3,4)5/h40-41,45H,6-38H2,1-5H3,(H-,42,44,46,47). The molecule has 0 aromatic rings. The normalized spacial score (nSPS) is 14.5. The first kappa shape index (κ1) is 49.5. The third-order valence-corrected chi connectivity index (χ3v) is 10.8. The summed E-state index contributed by atoms with van der Waals surface area (Å²) in [5.41, 5.74) is 0.